The van der Waals surface area contributed by atoms with Crippen molar-refractivity contribution < 1.29 is 4.74 Å². The van der Waals surface area contributed by atoms with E-state index in [-0.39, 0.29) is 0 Å². The van der Waals surface area contributed by atoms with Crippen molar-refractivity contribution in [3.63, 3.8) is 0 Å². The van der Waals surface area contributed by atoms with Crippen molar-refractivity contribution in [1.82, 2.24) is 5.32 Å². The molecule has 1 N–H and O–H groups in total. The zero-order valence-corrected chi connectivity index (χ0v) is 14.8. The first-order valence-corrected chi connectivity index (χ1v) is 8.49. The second kappa shape index (κ2) is 9.41. The summed E-state index contributed by atoms with van der Waals surface area (Å²) < 4.78 is 7.07. The van der Waals surface area contributed by atoms with Gasteiger partial charge in [-0.15, -0.1) is 0 Å². The van der Waals surface area contributed by atoms with Gasteiger partial charge in [-0.3, -0.25) is 0 Å². The molecule has 0 bridgehead atoms. The summed E-state index contributed by atoms with van der Waals surface area (Å²) in [6.07, 6.45) is 3.47. The van der Waals surface area contributed by atoms with Gasteiger partial charge in [0.15, 0.2) is 0 Å². The quantitative estimate of drug-likeness (QED) is 0.613. The average Bonchev–Trinajstić information content (AvgIpc) is 2.41. The predicted molar refractivity (Wildman–Crippen MR) is 90.4 cm³/mol. The molecule has 1 aromatic carbocycles. The van der Waals surface area contributed by atoms with Gasteiger partial charge in [0.05, 0.1) is 6.61 Å². The summed E-state index contributed by atoms with van der Waals surface area (Å²) >= 11 is 3.53. The van der Waals surface area contributed by atoms with E-state index >= 15 is 0 Å². The maximum absolute atomic E-state index is 6.00. The highest BCUT2D eigenvalue weighted by Gasteiger charge is 2.11. The number of nitrogens with one attached hydrogen (secondary N) is 1. The van der Waals surface area contributed by atoms with Crippen LogP contribution in [0.15, 0.2) is 22.7 Å². The fraction of sp³-hybridized carbons (Fsp3) is 0.647. The van der Waals surface area contributed by atoms with E-state index in [1.54, 1.807) is 0 Å². The lowest BCUT2D eigenvalue weighted by Crippen LogP contribution is -2.20. The van der Waals surface area contributed by atoms with Crippen LogP contribution >= 0.6 is 15.9 Å². The largest absolute Gasteiger partial charge is 0.493 e. The van der Waals surface area contributed by atoms with Gasteiger partial charge in [0.1, 0.15) is 5.75 Å². The molecule has 0 heterocycles. The van der Waals surface area contributed by atoms with E-state index in [1.807, 2.05) is 0 Å². The molecular formula is C17H28BrNO. The fourth-order valence-electron chi connectivity index (χ4n) is 2.14. The van der Waals surface area contributed by atoms with Crippen LogP contribution in [0.5, 0.6) is 5.75 Å². The second-order valence-electron chi connectivity index (χ2n) is 5.74. The van der Waals surface area contributed by atoms with Gasteiger partial charge in [-0.25, -0.2) is 0 Å². The average molecular weight is 342 g/mol. The molecule has 0 aliphatic carbocycles. The minimum Gasteiger partial charge on any atom is -0.493 e. The smallest absolute Gasteiger partial charge is 0.125 e. The first kappa shape index (κ1) is 17.5. The number of rotatable bonds is 9. The van der Waals surface area contributed by atoms with Gasteiger partial charge in [0.25, 0.3) is 0 Å². The maximum atomic E-state index is 6.00. The lowest BCUT2D eigenvalue weighted by atomic mass is 10.1. The minimum absolute atomic E-state index is 0.322. The number of hydrogen-bond donors (Lipinski definition) is 1. The van der Waals surface area contributed by atoms with Gasteiger partial charge in [-0.1, -0.05) is 42.8 Å². The highest BCUT2D eigenvalue weighted by Crippen LogP contribution is 2.29. The Hall–Kier alpha value is -0.540. The van der Waals surface area contributed by atoms with Gasteiger partial charge < -0.3 is 10.1 Å². The molecule has 1 unspecified atom stereocenters. The molecule has 3 heteroatoms. The Morgan fingerprint density at radius 3 is 2.65 bits per heavy atom. The zero-order chi connectivity index (χ0) is 15.0. The molecule has 2 nitrogen and oxygen atoms in total. The lowest BCUT2D eigenvalue weighted by Gasteiger charge is -2.18. The Labute approximate surface area is 132 Å². The Morgan fingerprint density at radius 1 is 1.25 bits per heavy atom. The molecule has 1 atom stereocenters. The van der Waals surface area contributed by atoms with Gasteiger partial charge in [-0.05, 0) is 50.8 Å². The van der Waals surface area contributed by atoms with E-state index in [0.717, 1.165) is 42.1 Å². The maximum Gasteiger partial charge on any atom is 0.125 e. The third-order valence-electron chi connectivity index (χ3n) is 3.33. The summed E-state index contributed by atoms with van der Waals surface area (Å²) in [4.78, 5) is 0. The first-order valence-electron chi connectivity index (χ1n) is 7.70. The van der Waals surface area contributed by atoms with E-state index in [9.17, 15) is 0 Å². The Kier molecular flexibility index (Phi) is 8.24. The van der Waals surface area contributed by atoms with Crippen molar-refractivity contribution in [3.05, 3.63) is 28.2 Å². The molecule has 20 heavy (non-hydrogen) atoms. The van der Waals surface area contributed by atoms with Crippen molar-refractivity contribution in [2.45, 2.75) is 53.0 Å². The van der Waals surface area contributed by atoms with Crippen LogP contribution in [-0.4, -0.2) is 13.2 Å². The van der Waals surface area contributed by atoms with Crippen LogP contribution in [0.25, 0.3) is 0 Å². The molecule has 0 saturated heterocycles. The van der Waals surface area contributed by atoms with Crippen LogP contribution in [0.1, 0.15) is 58.6 Å². The SMILES string of the molecule is CCCNC(C)c1ccc(Br)cc1OCCCC(C)C. The van der Waals surface area contributed by atoms with Crippen molar-refractivity contribution in [3.8, 4) is 5.75 Å². The van der Waals surface area contributed by atoms with E-state index in [4.69, 9.17) is 4.74 Å². The summed E-state index contributed by atoms with van der Waals surface area (Å²) in [6.45, 7) is 10.7. The monoisotopic (exact) mass is 341 g/mol. The van der Waals surface area contributed by atoms with Crippen molar-refractivity contribution in [2.24, 2.45) is 5.92 Å². The first-order chi connectivity index (χ1) is 9.54. The highest BCUT2D eigenvalue weighted by molar-refractivity contribution is 9.10. The number of hydrogen-bond acceptors (Lipinski definition) is 2. The Morgan fingerprint density at radius 2 is 2.00 bits per heavy atom. The van der Waals surface area contributed by atoms with Crippen LogP contribution in [0, 0.1) is 5.92 Å². The van der Waals surface area contributed by atoms with E-state index in [0.29, 0.717) is 6.04 Å². The normalized spacial score (nSPS) is 12.7. The fourth-order valence-corrected chi connectivity index (χ4v) is 2.48. The van der Waals surface area contributed by atoms with E-state index in [2.05, 4.69) is 67.1 Å². The van der Waals surface area contributed by atoms with Crippen molar-refractivity contribution in [1.29, 1.82) is 0 Å². The Bertz CT molecular complexity index is 393. The molecule has 0 radical (unpaired) electrons. The van der Waals surface area contributed by atoms with Crippen LogP contribution in [0.3, 0.4) is 0 Å². The number of ether oxygens (including phenoxy) is 1. The van der Waals surface area contributed by atoms with Gasteiger partial charge in [0, 0.05) is 16.1 Å². The molecule has 0 aliphatic rings. The summed E-state index contributed by atoms with van der Waals surface area (Å²) in [7, 11) is 0. The summed E-state index contributed by atoms with van der Waals surface area (Å²) in [5.41, 5.74) is 1.24. The molecule has 0 saturated carbocycles. The third-order valence-corrected chi connectivity index (χ3v) is 3.82. The van der Waals surface area contributed by atoms with Crippen LogP contribution in [-0.2, 0) is 0 Å². The Balaban J connectivity index is 2.64. The molecule has 1 aromatic rings. The minimum atomic E-state index is 0.322. The lowest BCUT2D eigenvalue weighted by molar-refractivity contribution is 0.292. The van der Waals surface area contributed by atoms with E-state index in [1.165, 1.54) is 12.0 Å². The summed E-state index contributed by atoms with van der Waals surface area (Å²) in [5, 5.41) is 3.52. The number of benzene rings is 1. The summed E-state index contributed by atoms with van der Waals surface area (Å²) in [6, 6.07) is 6.63. The number of halogens is 1. The standard InChI is InChI=1S/C17H28BrNO/c1-5-10-19-14(4)16-9-8-15(18)12-17(16)20-11-6-7-13(2)3/h8-9,12-14,19H,5-7,10-11H2,1-4H3. The third kappa shape index (κ3) is 6.27. The highest BCUT2D eigenvalue weighted by atomic mass is 79.9. The second-order valence-corrected chi connectivity index (χ2v) is 6.66. The van der Waals surface area contributed by atoms with Crippen molar-refractivity contribution in [2.75, 3.05) is 13.2 Å². The molecule has 114 valence electrons. The summed E-state index contributed by atoms with van der Waals surface area (Å²) in [5.74, 6) is 1.74. The topological polar surface area (TPSA) is 21.3 Å². The van der Waals surface area contributed by atoms with Gasteiger partial charge >= 0.3 is 0 Å². The van der Waals surface area contributed by atoms with E-state index < -0.39 is 0 Å². The van der Waals surface area contributed by atoms with Gasteiger partial charge in [0.2, 0.25) is 0 Å². The van der Waals surface area contributed by atoms with Gasteiger partial charge in [-0.2, -0.15) is 0 Å². The molecule has 1 rings (SSSR count). The zero-order valence-electron chi connectivity index (χ0n) is 13.2. The van der Waals surface area contributed by atoms with Crippen LogP contribution in [0.2, 0.25) is 0 Å². The predicted octanol–water partition coefficient (Wildman–Crippen LogP) is 5.32. The molecule has 0 aromatic heterocycles. The molecule has 0 fully saturated rings. The molecule has 0 amide bonds. The molecule has 0 aliphatic heterocycles. The van der Waals surface area contributed by atoms with Crippen LogP contribution < -0.4 is 10.1 Å². The molecular weight excluding hydrogens is 314 g/mol. The van der Waals surface area contributed by atoms with Crippen LogP contribution in [0.4, 0.5) is 0 Å². The van der Waals surface area contributed by atoms with Crippen molar-refractivity contribution >= 4 is 15.9 Å². The molecule has 0 spiro atoms.